The molecule has 0 atom stereocenters. The molecule has 2 rings (SSSR count). The first-order chi connectivity index (χ1) is 14.2. The van der Waals surface area contributed by atoms with Crippen molar-refractivity contribution in [2.75, 3.05) is 12.4 Å². The highest BCUT2D eigenvalue weighted by Gasteiger charge is 2.15. The first kappa shape index (κ1) is 22.1. The summed E-state index contributed by atoms with van der Waals surface area (Å²) >= 11 is 0. The topological polar surface area (TPSA) is 137 Å². The molecular formula is C20H19N3O7. The molecule has 0 radical (unpaired) electrons. The van der Waals surface area contributed by atoms with Gasteiger partial charge in [-0.05, 0) is 29.8 Å². The third-order valence-electron chi connectivity index (χ3n) is 3.62. The van der Waals surface area contributed by atoms with Crippen molar-refractivity contribution >= 4 is 35.2 Å². The van der Waals surface area contributed by atoms with Crippen LogP contribution in [0, 0.1) is 10.1 Å². The molecule has 10 heteroatoms. The summed E-state index contributed by atoms with van der Waals surface area (Å²) in [6.45, 7) is 2.49. The zero-order valence-corrected chi connectivity index (χ0v) is 16.4. The number of nitro groups is 1. The molecule has 0 saturated heterocycles. The van der Waals surface area contributed by atoms with Crippen LogP contribution < -0.4 is 20.1 Å². The van der Waals surface area contributed by atoms with Crippen molar-refractivity contribution in [2.24, 2.45) is 0 Å². The minimum Gasteiger partial charge on any atom is -0.493 e. The van der Waals surface area contributed by atoms with E-state index in [1.165, 1.54) is 63.4 Å². The van der Waals surface area contributed by atoms with Crippen LogP contribution in [0.15, 0.2) is 48.2 Å². The number of nitro benzene ring substituents is 1. The number of benzene rings is 2. The molecule has 0 saturated carbocycles. The number of rotatable bonds is 7. The minimum absolute atomic E-state index is 0.101. The number of hydrogen-bond acceptors (Lipinski definition) is 7. The third-order valence-corrected chi connectivity index (χ3v) is 3.62. The standard InChI is InChI=1S/C20H19N3O7/c1-12(24)21-17(20(26)22-15-5-4-6-16(11-15)23(27)28)9-14-7-8-18(30-13(2)25)19(10-14)29-3/h4-11H,1-3H3,(H,21,24)(H,22,26)/b17-9+. The van der Waals surface area contributed by atoms with Crippen LogP contribution in [0.4, 0.5) is 11.4 Å². The average molecular weight is 413 g/mol. The van der Waals surface area contributed by atoms with Crippen LogP contribution in [0.25, 0.3) is 6.08 Å². The highest BCUT2D eigenvalue weighted by molar-refractivity contribution is 6.08. The second-order valence-corrected chi connectivity index (χ2v) is 6.00. The van der Waals surface area contributed by atoms with Crippen molar-refractivity contribution in [3.05, 3.63) is 63.8 Å². The molecule has 0 aliphatic heterocycles. The molecule has 156 valence electrons. The Labute approximate surface area is 171 Å². The third kappa shape index (κ3) is 6.16. The molecule has 0 aliphatic rings. The molecule has 0 bridgehead atoms. The molecule has 0 unspecified atom stereocenters. The molecule has 0 aromatic heterocycles. The van der Waals surface area contributed by atoms with E-state index in [4.69, 9.17) is 9.47 Å². The molecule has 0 fully saturated rings. The van der Waals surface area contributed by atoms with E-state index in [-0.39, 0.29) is 28.6 Å². The Bertz CT molecular complexity index is 1030. The van der Waals surface area contributed by atoms with E-state index in [0.29, 0.717) is 5.56 Å². The summed E-state index contributed by atoms with van der Waals surface area (Å²) in [4.78, 5) is 45.6. The number of esters is 1. The summed E-state index contributed by atoms with van der Waals surface area (Å²) in [6, 6.07) is 9.94. The maximum absolute atomic E-state index is 12.6. The van der Waals surface area contributed by atoms with Crippen LogP contribution in [-0.2, 0) is 14.4 Å². The number of carbonyl (C=O) groups is 3. The molecule has 0 spiro atoms. The second-order valence-electron chi connectivity index (χ2n) is 6.00. The summed E-state index contributed by atoms with van der Waals surface area (Å²) in [5.74, 6) is -1.25. The van der Waals surface area contributed by atoms with Gasteiger partial charge in [0.05, 0.1) is 12.0 Å². The lowest BCUT2D eigenvalue weighted by Crippen LogP contribution is -2.29. The number of amides is 2. The molecule has 30 heavy (non-hydrogen) atoms. The number of carbonyl (C=O) groups excluding carboxylic acids is 3. The van der Waals surface area contributed by atoms with Gasteiger partial charge in [0, 0.05) is 31.7 Å². The predicted molar refractivity (Wildman–Crippen MR) is 108 cm³/mol. The lowest BCUT2D eigenvalue weighted by atomic mass is 10.1. The predicted octanol–water partition coefficient (Wildman–Crippen LogP) is 2.64. The zero-order valence-electron chi connectivity index (χ0n) is 16.4. The van der Waals surface area contributed by atoms with Gasteiger partial charge in [0.15, 0.2) is 11.5 Å². The molecule has 2 N–H and O–H groups in total. The van der Waals surface area contributed by atoms with Crippen LogP contribution in [0.3, 0.4) is 0 Å². The van der Waals surface area contributed by atoms with Crippen LogP contribution >= 0.6 is 0 Å². The van der Waals surface area contributed by atoms with E-state index in [1.807, 2.05) is 0 Å². The van der Waals surface area contributed by atoms with Gasteiger partial charge < -0.3 is 20.1 Å². The summed E-state index contributed by atoms with van der Waals surface area (Å²) < 4.78 is 10.2. The summed E-state index contributed by atoms with van der Waals surface area (Å²) in [6.07, 6.45) is 1.38. The van der Waals surface area contributed by atoms with Gasteiger partial charge in [-0.1, -0.05) is 12.1 Å². The number of ether oxygens (including phenoxy) is 2. The van der Waals surface area contributed by atoms with Crippen molar-refractivity contribution < 1.29 is 28.8 Å². The van der Waals surface area contributed by atoms with Gasteiger partial charge in [-0.15, -0.1) is 0 Å². The Morgan fingerprint density at radius 2 is 1.80 bits per heavy atom. The van der Waals surface area contributed by atoms with Crippen molar-refractivity contribution in [3.63, 3.8) is 0 Å². The largest absolute Gasteiger partial charge is 0.493 e. The van der Waals surface area contributed by atoms with Crippen molar-refractivity contribution in [1.29, 1.82) is 0 Å². The Balaban J connectivity index is 2.34. The van der Waals surface area contributed by atoms with Crippen molar-refractivity contribution in [3.8, 4) is 11.5 Å². The highest BCUT2D eigenvalue weighted by Crippen LogP contribution is 2.29. The maximum Gasteiger partial charge on any atom is 0.308 e. The number of anilines is 1. The van der Waals surface area contributed by atoms with Crippen molar-refractivity contribution in [1.82, 2.24) is 5.32 Å². The van der Waals surface area contributed by atoms with E-state index in [1.54, 1.807) is 6.07 Å². The number of non-ortho nitro benzene ring substituents is 1. The quantitative estimate of drug-likeness (QED) is 0.234. The fourth-order valence-corrected chi connectivity index (χ4v) is 2.42. The van der Waals surface area contributed by atoms with Crippen LogP contribution in [0.1, 0.15) is 19.4 Å². The molecule has 0 heterocycles. The summed E-state index contributed by atoms with van der Waals surface area (Å²) in [7, 11) is 1.39. The van der Waals surface area contributed by atoms with Gasteiger partial charge in [0.25, 0.3) is 11.6 Å². The Morgan fingerprint density at radius 1 is 1.07 bits per heavy atom. The van der Waals surface area contributed by atoms with Gasteiger partial charge >= 0.3 is 5.97 Å². The Kier molecular flexibility index (Phi) is 7.23. The highest BCUT2D eigenvalue weighted by atomic mass is 16.6. The maximum atomic E-state index is 12.6. The second kappa shape index (κ2) is 9.82. The first-order valence-corrected chi connectivity index (χ1v) is 8.61. The molecule has 10 nitrogen and oxygen atoms in total. The monoisotopic (exact) mass is 413 g/mol. The molecule has 2 aromatic rings. The van der Waals surface area contributed by atoms with Gasteiger partial charge in [-0.25, -0.2) is 0 Å². The normalized spacial score (nSPS) is 10.7. The number of hydrogen-bond donors (Lipinski definition) is 2. The minimum atomic E-state index is -0.686. The van der Waals surface area contributed by atoms with E-state index >= 15 is 0 Å². The summed E-state index contributed by atoms with van der Waals surface area (Å²) in [5, 5.41) is 15.8. The SMILES string of the molecule is COc1cc(/C=C(/NC(C)=O)C(=O)Nc2cccc([N+](=O)[O-])c2)ccc1OC(C)=O. The molecule has 0 aliphatic carbocycles. The molecule has 2 aromatic carbocycles. The lowest BCUT2D eigenvalue weighted by molar-refractivity contribution is -0.384. The Morgan fingerprint density at radius 3 is 2.40 bits per heavy atom. The number of nitrogens with zero attached hydrogens (tertiary/aromatic N) is 1. The zero-order chi connectivity index (χ0) is 22.3. The molecular weight excluding hydrogens is 394 g/mol. The fourth-order valence-electron chi connectivity index (χ4n) is 2.42. The van der Waals surface area contributed by atoms with E-state index < -0.39 is 22.7 Å². The van der Waals surface area contributed by atoms with E-state index in [9.17, 15) is 24.5 Å². The average Bonchev–Trinajstić information content (AvgIpc) is 2.68. The van der Waals surface area contributed by atoms with Gasteiger partial charge in [0.2, 0.25) is 5.91 Å². The van der Waals surface area contributed by atoms with Crippen LogP contribution in [-0.4, -0.2) is 29.8 Å². The fraction of sp³-hybridized carbons (Fsp3) is 0.150. The van der Waals surface area contributed by atoms with E-state index in [2.05, 4.69) is 10.6 Å². The first-order valence-electron chi connectivity index (χ1n) is 8.61. The van der Waals surface area contributed by atoms with Crippen LogP contribution in [0.2, 0.25) is 0 Å². The number of methoxy groups -OCH3 is 1. The smallest absolute Gasteiger partial charge is 0.308 e. The van der Waals surface area contributed by atoms with E-state index in [0.717, 1.165) is 0 Å². The van der Waals surface area contributed by atoms with Gasteiger partial charge in [-0.2, -0.15) is 0 Å². The van der Waals surface area contributed by atoms with Gasteiger partial charge in [0.1, 0.15) is 5.70 Å². The molecule has 2 amide bonds. The lowest BCUT2D eigenvalue weighted by Gasteiger charge is -2.11. The summed E-state index contributed by atoms with van der Waals surface area (Å²) in [5.41, 5.74) is 0.369. The Hall–Kier alpha value is -4.21. The number of nitrogens with one attached hydrogen (secondary N) is 2. The van der Waals surface area contributed by atoms with Crippen LogP contribution in [0.5, 0.6) is 11.5 Å². The van der Waals surface area contributed by atoms with Crippen molar-refractivity contribution in [2.45, 2.75) is 13.8 Å². The van der Waals surface area contributed by atoms with Gasteiger partial charge in [-0.3, -0.25) is 24.5 Å².